The van der Waals surface area contributed by atoms with Crippen LogP contribution in [0.1, 0.15) is 5.56 Å². The standard InChI is InChI=1S/C13H13BrN4O2/c1-17-12(19)7-11(16-13(17)20)18(2)15-8-9-4-3-5-10(14)6-9/h3-8H,1-2H3,(H,16,20). The molecule has 0 bridgehead atoms. The van der Waals surface area contributed by atoms with Crippen LogP contribution < -0.4 is 16.3 Å². The van der Waals surface area contributed by atoms with E-state index in [-0.39, 0.29) is 5.56 Å². The first kappa shape index (κ1) is 14.3. The predicted octanol–water partition coefficient (Wildman–Crippen LogP) is 1.31. The largest absolute Gasteiger partial charge is 0.329 e. The van der Waals surface area contributed by atoms with Gasteiger partial charge in [-0.1, -0.05) is 28.1 Å². The van der Waals surface area contributed by atoms with Crippen molar-refractivity contribution in [2.45, 2.75) is 0 Å². The number of aromatic nitrogens is 2. The van der Waals surface area contributed by atoms with Crippen LogP contribution in [0.25, 0.3) is 0 Å². The lowest BCUT2D eigenvalue weighted by molar-refractivity contribution is 0.766. The quantitative estimate of drug-likeness (QED) is 0.678. The molecule has 1 aromatic carbocycles. The number of nitrogens with one attached hydrogen (secondary N) is 1. The zero-order valence-electron chi connectivity index (χ0n) is 11.0. The summed E-state index contributed by atoms with van der Waals surface area (Å²) in [5.41, 5.74) is 0.0441. The third-order valence-corrected chi connectivity index (χ3v) is 3.20. The molecule has 1 aromatic heterocycles. The SMILES string of the molecule is CN(N=Cc1cccc(Br)c1)c1cc(=O)n(C)c(=O)[nH]1. The molecule has 104 valence electrons. The molecule has 0 aliphatic heterocycles. The van der Waals surface area contributed by atoms with Crippen LogP contribution in [0, 0.1) is 0 Å². The van der Waals surface area contributed by atoms with Gasteiger partial charge in [-0.25, -0.2) is 4.79 Å². The van der Waals surface area contributed by atoms with E-state index >= 15 is 0 Å². The van der Waals surface area contributed by atoms with Crippen LogP contribution in [0.5, 0.6) is 0 Å². The van der Waals surface area contributed by atoms with E-state index < -0.39 is 5.69 Å². The second-order valence-electron chi connectivity index (χ2n) is 4.18. The van der Waals surface area contributed by atoms with E-state index in [2.05, 4.69) is 26.0 Å². The molecule has 0 atom stereocenters. The van der Waals surface area contributed by atoms with E-state index in [1.807, 2.05) is 24.3 Å². The first-order chi connectivity index (χ1) is 9.47. The van der Waals surface area contributed by atoms with E-state index in [1.54, 1.807) is 13.3 Å². The molecule has 6 nitrogen and oxygen atoms in total. The summed E-state index contributed by atoms with van der Waals surface area (Å²) in [6.07, 6.45) is 1.64. The van der Waals surface area contributed by atoms with Crippen LogP contribution in [-0.4, -0.2) is 22.8 Å². The first-order valence-electron chi connectivity index (χ1n) is 5.81. The van der Waals surface area contributed by atoms with Crippen LogP contribution in [-0.2, 0) is 7.05 Å². The van der Waals surface area contributed by atoms with E-state index in [4.69, 9.17) is 0 Å². The molecule has 2 aromatic rings. The van der Waals surface area contributed by atoms with Gasteiger partial charge < -0.3 is 0 Å². The number of aromatic amines is 1. The highest BCUT2D eigenvalue weighted by molar-refractivity contribution is 9.10. The molecule has 1 N–H and O–H groups in total. The summed E-state index contributed by atoms with van der Waals surface area (Å²) in [6, 6.07) is 8.93. The van der Waals surface area contributed by atoms with E-state index in [1.165, 1.54) is 18.1 Å². The zero-order valence-corrected chi connectivity index (χ0v) is 12.6. The predicted molar refractivity (Wildman–Crippen MR) is 82.4 cm³/mol. The van der Waals surface area contributed by atoms with Crippen LogP contribution in [0.2, 0.25) is 0 Å². The van der Waals surface area contributed by atoms with Crippen molar-refractivity contribution in [3.05, 3.63) is 61.2 Å². The minimum Gasteiger partial charge on any atom is -0.292 e. The molecule has 0 saturated heterocycles. The van der Waals surface area contributed by atoms with Crippen LogP contribution in [0.3, 0.4) is 0 Å². The molecule has 0 aliphatic carbocycles. The smallest absolute Gasteiger partial charge is 0.292 e. The molecular weight excluding hydrogens is 324 g/mol. The molecule has 20 heavy (non-hydrogen) atoms. The highest BCUT2D eigenvalue weighted by Crippen LogP contribution is 2.10. The lowest BCUT2D eigenvalue weighted by Gasteiger charge is -2.12. The van der Waals surface area contributed by atoms with Gasteiger partial charge in [-0.3, -0.25) is 19.4 Å². The van der Waals surface area contributed by atoms with Gasteiger partial charge in [-0.15, -0.1) is 0 Å². The number of anilines is 1. The minimum absolute atomic E-state index is 0.337. The lowest BCUT2D eigenvalue weighted by Crippen LogP contribution is -2.33. The van der Waals surface area contributed by atoms with Crippen LogP contribution in [0.15, 0.2) is 49.5 Å². The fraction of sp³-hybridized carbons (Fsp3) is 0.154. The van der Waals surface area contributed by atoms with E-state index in [0.717, 1.165) is 14.6 Å². The topological polar surface area (TPSA) is 70.5 Å². The molecule has 1 heterocycles. The van der Waals surface area contributed by atoms with Crippen molar-refractivity contribution >= 4 is 28.0 Å². The minimum atomic E-state index is -0.475. The first-order valence-corrected chi connectivity index (χ1v) is 6.60. The Morgan fingerprint density at radius 1 is 1.35 bits per heavy atom. The Labute approximate surface area is 123 Å². The number of benzene rings is 1. The van der Waals surface area contributed by atoms with Crippen LogP contribution in [0.4, 0.5) is 5.82 Å². The molecule has 0 amide bonds. The van der Waals surface area contributed by atoms with Gasteiger partial charge in [0.25, 0.3) is 5.56 Å². The Morgan fingerprint density at radius 2 is 2.10 bits per heavy atom. The maximum atomic E-state index is 11.5. The monoisotopic (exact) mass is 336 g/mol. The van der Waals surface area contributed by atoms with Gasteiger partial charge in [-0.2, -0.15) is 5.10 Å². The molecule has 0 fully saturated rings. The number of hydrazone groups is 1. The average molecular weight is 337 g/mol. The molecule has 0 radical (unpaired) electrons. The number of H-pyrrole nitrogens is 1. The van der Waals surface area contributed by atoms with Crippen molar-refractivity contribution in [2.24, 2.45) is 12.1 Å². The van der Waals surface area contributed by atoms with Gasteiger partial charge in [0.15, 0.2) is 0 Å². The summed E-state index contributed by atoms with van der Waals surface area (Å²) < 4.78 is 1.95. The second-order valence-corrected chi connectivity index (χ2v) is 5.10. The van der Waals surface area contributed by atoms with Gasteiger partial charge in [-0.05, 0) is 17.7 Å². The van der Waals surface area contributed by atoms with Crippen molar-refractivity contribution in [2.75, 3.05) is 12.1 Å². The number of halogens is 1. The summed E-state index contributed by atoms with van der Waals surface area (Å²) in [6.45, 7) is 0. The van der Waals surface area contributed by atoms with Crippen molar-refractivity contribution in [1.29, 1.82) is 0 Å². The van der Waals surface area contributed by atoms with Crippen LogP contribution >= 0.6 is 15.9 Å². The normalized spacial score (nSPS) is 10.9. The van der Waals surface area contributed by atoms with Crippen molar-refractivity contribution < 1.29 is 0 Å². The van der Waals surface area contributed by atoms with Gasteiger partial charge >= 0.3 is 5.69 Å². The number of rotatable bonds is 3. The van der Waals surface area contributed by atoms with Crippen molar-refractivity contribution in [3.8, 4) is 0 Å². The van der Waals surface area contributed by atoms with Crippen molar-refractivity contribution in [3.63, 3.8) is 0 Å². The number of nitrogens with zero attached hydrogens (tertiary/aromatic N) is 3. The summed E-state index contributed by atoms with van der Waals surface area (Å²) in [5.74, 6) is 0.337. The molecule has 7 heteroatoms. The molecule has 0 unspecified atom stereocenters. The fourth-order valence-electron chi connectivity index (χ4n) is 1.52. The summed E-state index contributed by atoms with van der Waals surface area (Å²) in [7, 11) is 3.06. The van der Waals surface area contributed by atoms with Gasteiger partial charge in [0.2, 0.25) is 0 Å². The fourth-order valence-corrected chi connectivity index (χ4v) is 1.94. The molecule has 0 spiro atoms. The lowest BCUT2D eigenvalue weighted by atomic mass is 10.2. The molecule has 0 aliphatic rings. The number of hydrogen-bond acceptors (Lipinski definition) is 4. The molecule has 0 saturated carbocycles. The van der Waals surface area contributed by atoms with Crippen molar-refractivity contribution in [1.82, 2.24) is 9.55 Å². The van der Waals surface area contributed by atoms with E-state index in [9.17, 15) is 9.59 Å². The maximum absolute atomic E-state index is 11.5. The van der Waals surface area contributed by atoms with Gasteiger partial charge in [0.1, 0.15) is 5.82 Å². The number of hydrogen-bond donors (Lipinski definition) is 1. The molecular formula is C13H13BrN4O2. The molecule has 2 rings (SSSR count). The Bertz CT molecular complexity index is 732. The Morgan fingerprint density at radius 3 is 2.75 bits per heavy atom. The highest BCUT2D eigenvalue weighted by Gasteiger charge is 2.03. The Balaban J connectivity index is 2.26. The van der Waals surface area contributed by atoms with Gasteiger partial charge in [0, 0.05) is 24.6 Å². The average Bonchev–Trinajstić information content (AvgIpc) is 2.41. The van der Waals surface area contributed by atoms with E-state index in [0.29, 0.717) is 5.82 Å². The van der Waals surface area contributed by atoms with Gasteiger partial charge in [0.05, 0.1) is 6.21 Å². The summed E-state index contributed by atoms with van der Waals surface area (Å²) >= 11 is 3.37. The third-order valence-electron chi connectivity index (χ3n) is 2.71. The summed E-state index contributed by atoms with van der Waals surface area (Å²) in [5, 5.41) is 5.62. The highest BCUT2D eigenvalue weighted by atomic mass is 79.9. The third kappa shape index (κ3) is 3.24. The summed E-state index contributed by atoms with van der Waals surface area (Å²) in [4.78, 5) is 25.6. The zero-order chi connectivity index (χ0) is 14.7. The maximum Gasteiger partial charge on any atom is 0.329 e. The Hall–Kier alpha value is -2.15. The second kappa shape index (κ2) is 5.87. The Kier molecular flexibility index (Phi) is 4.19.